The van der Waals surface area contributed by atoms with Gasteiger partial charge in [-0.3, -0.25) is 4.79 Å². The van der Waals surface area contributed by atoms with Gasteiger partial charge in [0.25, 0.3) is 0 Å². The second-order valence-corrected chi connectivity index (χ2v) is 8.99. The maximum Gasteiger partial charge on any atom is 0.221 e. The van der Waals surface area contributed by atoms with Crippen LogP contribution in [-0.4, -0.2) is 53.2 Å². The van der Waals surface area contributed by atoms with Crippen LogP contribution in [0.5, 0.6) is 5.75 Å². The zero-order valence-corrected chi connectivity index (χ0v) is 20.7. The number of imidazole rings is 1. The van der Waals surface area contributed by atoms with Crippen molar-refractivity contribution < 1.29 is 24.1 Å². The molecule has 0 radical (unpaired) electrons. The minimum atomic E-state index is -1.26. The van der Waals surface area contributed by atoms with Crippen LogP contribution in [-0.2, 0) is 20.8 Å². The van der Waals surface area contributed by atoms with E-state index in [1.807, 2.05) is 23.1 Å². The van der Waals surface area contributed by atoms with Crippen molar-refractivity contribution >= 4 is 28.9 Å². The lowest BCUT2D eigenvalue weighted by Crippen LogP contribution is -2.62. The molecule has 3 N–H and O–H groups in total. The first-order chi connectivity index (χ1) is 16.8. The average molecular weight is 501 g/mol. The highest BCUT2D eigenvalue weighted by atomic mass is 35.5. The molecule has 0 aliphatic carbocycles. The number of hydrogen-bond acceptors (Lipinski definition) is 7. The number of benzene rings is 2. The normalized spacial score (nSPS) is 21.3. The molecule has 4 rings (SSSR count). The number of hydrogen-bond donors (Lipinski definition) is 3. The van der Waals surface area contributed by atoms with Gasteiger partial charge in [-0.05, 0) is 49.4 Å². The lowest BCUT2D eigenvalue weighted by molar-refractivity contribution is -0.237. The van der Waals surface area contributed by atoms with Crippen molar-refractivity contribution in [1.29, 1.82) is 0 Å². The van der Waals surface area contributed by atoms with Gasteiger partial charge >= 0.3 is 0 Å². The Labute approximate surface area is 209 Å². The molecule has 1 aliphatic heterocycles. The fourth-order valence-corrected chi connectivity index (χ4v) is 4.68. The van der Waals surface area contributed by atoms with Gasteiger partial charge in [-0.1, -0.05) is 11.6 Å². The summed E-state index contributed by atoms with van der Waals surface area (Å²) in [6.07, 6.45) is 1.44. The first kappa shape index (κ1) is 25.0. The van der Waals surface area contributed by atoms with Gasteiger partial charge in [0, 0.05) is 55.5 Å². The number of anilines is 2. The van der Waals surface area contributed by atoms with Gasteiger partial charge in [0.15, 0.2) is 11.9 Å². The van der Waals surface area contributed by atoms with Crippen molar-refractivity contribution in [3.63, 3.8) is 0 Å². The zero-order chi connectivity index (χ0) is 25.2. The SMILES string of the molecule is COC(OC)[C@@]1(C)Oc2ccc(NC(C)=O)cc2[C@H](N(Cc2ncc[nH]2)c2ccc(Cl)cc2)[C@H]1O. The molecule has 35 heavy (non-hydrogen) atoms. The van der Waals surface area contributed by atoms with Crippen LogP contribution in [0.4, 0.5) is 11.4 Å². The molecule has 1 amide bonds. The minimum absolute atomic E-state index is 0.201. The van der Waals surface area contributed by atoms with E-state index in [4.69, 9.17) is 25.8 Å². The fourth-order valence-electron chi connectivity index (χ4n) is 4.55. The van der Waals surface area contributed by atoms with Gasteiger partial charge in [0.05, 0.1) is 12.6 Å². The molecule has 0 bridgehead atoms. The van der Waals surface area contributed by atoms with E-state index in [0.29, 0.717) is 34.4 Å². The van der Waals surface area contributed by atoms with E-state index in [2.05, 4.69) is 15.3 Å². The molecular weight excluding hydrogens is 472 g/mol. The van der Waals surface area contributed by atoms with E-state index in [1.54, 1.807) is 43.6 Å². The standard InChI is InChI=1S/C25H29ClN4O5/c1-15(31)29-17-7-10-20-19(13-17)22(23(32)25(2,35-20)24(33-3)34-4)30(14-21-27-11-12-28-21)18-8-5-16(26)6-9-18/h5-13,22-24,32H,14H2,1-4H3,(H,27,28)(H,29,31)/t22-,23+,25-/m0/s1. The summed E-state index contributed by atoms with van der Waals surface area (Å²) in [6.45, 7) is 3.54. The van der Waals surface area contributed by atoms with Gasteiger partial charge in [0.2, 0.25) is 5.91 Å². The average Bonchev–Trinajstić information content (AvgIpc) is 3.34. The number of carbonyl (C=O) groups excluding carboxylic acids is 1. The summed E-state index contributed by atoms with van der Waals surface area (Å²) in [5.41, 5.74) is 0.824. The molecule has 0 unspecified atom stereocenters. The lowest BCUT2D eigenvalue weighted by atomic mass is 9.83. The molecule has 0 saturated carbocycles. The number of nitrogens with zero attached hydrogens (tertiary/aromatic N) is 2. The molecule has 10 heteroatoms. The van der Waals surface area contributed by atoms with Crippen molar-refractivity contribution in [2.45, 2.75) is 44.4 Å². The third kappa shape index (κ3) is 4.99. The number of aliphatic hydroxyl groups excluding tert-OH is 1. The number of aromatic amines is 1. The van der Waals surface area contributed by atoms with Crippen LogP contribution in [0.15, 0.2) is 54.9 Å². The summed E-state index contributed by atoms with van der Waals surface area (Å²) in [6, 6.07) is 12.0. The van der Waals surface area contributed by atoms with Crippen LogP contribution in [0, 0.1) is 0 Å². The first-order valence-corrected chi connectivity index (χ1v) is 11.5. The summed E-state index contributed by atoms with van der Waals surface area (Å²) in [5.74, 6) is 1.04. The van der Waals surface area contributed by atoms with Gasteiger partial charge in [-0.25, -0.2) is 4.98 Å². The highest BCUT2D eigenvalue weighted by Crippen LogP contribution is 2.47. The largest absolute Gasteiger partial charge is 0.479 e. The van der Waals surface area contributed by atoms with Crippen LogP contribution in [0.2, 0.25) is 5.02 Å². The van der Waals surface area contributed by atoms with Crippen molar-refractivity contribution in [2.24, 2.45) is 0 Å². The number of carbonyl (C=O) groups is 1. The Morgan fingerprint density at radius 3 is 2.60 bits per heavy atom. The number of rotatable bonds is 8. The van der Waals surface area contributed by atoms with E-state index in [-0.39, 0.29) is 5.91 Å². The third-order valence-corrected chi connectivity index (χ3v) is 6.38. The van der Waals surface area contributed by atoms with E-state index >= 15 is 0 Å². The Kier molecular flexibility index (Phi) is 7.32. The van der Waals surface area contributed by atoms with E-state index in [1.165, 1.54) is 21.1 Å². The Balaban J connectivity index is 1.90. The second kappa shape index (κ2) is 10.2. The monoisotopic (exact) mass is 500 g/mol. The second-order valence-electron chi connectivity index (χ2n) is 8.55. The first-order valence-electron chi connectivity index (χ1n) is 11.1. The summed E-state index contributed by atoms with van der Waals surface area (Å²) in [4.78, 5) is 21.3. The highest BCUT2D eigenvalue weighted by Gasteiger charge is 2.54. The van der Waals surface area contributed by atoms with E-state index in [9.17, 15) is 9.90 Å². The summed E-state index contributed by atoms with van der Waals surface area (Å²) >= 11 is 6.17. The molecular formula is C25H29ClN4O5. The third-order valence-electron chi connectivity index (χ3n) is 6.13. The number of aliphatic hydroxyl groups is 1. The predicted molar refractivity (Wildman–Crippen MR) is 133 cm³/mol. The lowest BCUT2D eigenvalue weighted by Gasteiger charge is -2.50. The van der Waals surface area contributed by atoms with E-state index < -0.39 is 24.0 Å². The smallest absolute Gasteiger partial charge is 0.221 e. The van der Waals surface area contributed by atoms with Crippen LogP contribution in [0.1, 0.15) is 31.3 Å². The molecule has 9 nitrogen and oxygen atoms in total. The Hall–Kier alpha value is -3.11. The maximum atomic E-state index is 11.9. The molecule has 0 spiro atoms. The molecule has 0 saturated heterocycles. The molecule has 2 aromatic carbocycles. The minimum Gasteiger partial charge on any atom is -0.479 e. The zero-order valence-electron chi connectivity index (χ0n) is 20.0. The Morgan fingerprint density at radius 2 is 2.00 bits per heavy atom. The van der Waals surface area contributed by atoms with Crippen molar-refractivity contribution in [3.05, 3.63) is 71.3 Å². The number of aromatic nitrogens is 2. The number of methoxy groups -OCH3 is 2. The highest BCUT2D eigenvalue weighted by molar-refractivity contribution is 6.30. The Morgan fingerprint density at radius 1 is 1.29 bits per heavy atom. The van der Waals surface area contributed by atoms with Crippen LogP contribution in [0.25, 0.3) is 0 Å². The summed E-state index contributed by atoms with van der Waals surface area (Å²) < 4.78 is 17.4. The molecule has 0 fully saturated rings. The van der Waals surface area contributed by atoms with E-state index in [0.717, 1.165) is 5.69 Å². The van der Waals surface area contributed by atoms with Gasteiger partial charge < -0.3 is 34.5 Å². The van der Waals surface area contributed by atoms with Crippen LogP contribution < -0.4 is 15.0 Å². The molecule has 3 atom stereocenters. The molecule has 1 aliphatic rings. The topological polar surface area (TPSA) is 109 Å². The molecule has 3 aromatic rings. The Bertz CT molecular complexity index is 1150. The maximum absolute atomic E-state index is 11.9. The van der Waals surface area contributed by atoms with Crippen LogP contribution in [0.3, 0.4) is 0 Å². The van der Waals surface area contributed by atoms with Gasteiger partial charge in [-0.15, -0.1) is 0 Å². The van der Waals surface area contributed by atoms with Gasteiger partial charge in [-0.2, -0.15) is 0 Å². The number of H-pyrrole nitrogens is 1. The number of amides is 1. The number of ether oxygens (including phenoxy) is 3. The number of fused-ring (bicyclic) bond motifs is 1. The predicted octanol–water partition coefficient (Wildman–Crippen LogP) is 3.90. The van der Waals surface area contributed by atoms with Gasteiger partial charge in [0.1, 0.15) is 17.7 Å². The quantitative estimate of drug-likeness (QED) is 0.402. The molecule has 2 heterocycles. The number of nitrogens with one attached hydrogen (secondary N) is 2. The fraction of sp³-hybridized carbons (Fsp3) is 0.360. The molecule has 186 valence electrons. The van der Waals surface area contributed by atoms with Crippen molar-refractivity contribution in [1.82, 2.24) is 9.97 Å². The summed E-state index contributed by atoms with van der Waals surface area (Å²) in [7, 11) is 3.00. The van der Waals surface area contributed by atoms with Crippen molar-refractivity contribution in [3.8, 4) is 5.75 Å². The molecule has 1 aromatic heterocycles. The van der Waals surface area contributed by atoms with Crippen LogP contribution >= 0.6 is 11.6 Å². The number of halogens is 1. The van der Waals surface area contributed by atoms with Crippen molar-refractivity contribution in [2.75, 3.05) is 24.4 Å². The summed E-state index contributed by atoms with van der Waals surface area (Å²) in [5, 5.41) is 15.3.